The second-order valence-electron chi connectivity index (χ2n) is 5.34. The van der Waals surface area contributed by atoms with Crippen molar-refractivity contribution in [3.8, 4) is 0 Å². The fourth-order valence-electron chi connectivity index (χ4n) is 2.16. The van der Waals surface area contributed by atoms with Crippen molar-refractivity contribution in [2.45, 2.75) is 17.0 Å². The summed E-state index contributed by atoms with van der Waals surface area (Å²) in [5.74, 6) is 0.734. The first-order chi connectivity index (χ1) is 11.6. The summed E-state index contributed by atoms with van der Waals surface area (Å²) >= 11 is 1.33. The highest BCUT2D eigenvalue weighted by atomic mass is 32.2. The van der Waals surface area contributed by atoms with Gasteiger partial charge in [0.2, 0.25) is 11.1 Å². The normalized spacial score (nSPS) is 12.1. The van der Waals surface area contributed by atoms with Crippen LogP contribution >= 0.6 is 11.8 Å². The van der Waals surface area contributed by atoms with Crippen LogP contribution in [-0.2, 0) is 11.3 Å². The van der Waals surface area contributed by atoms with Crippen LogP contribution in [0.15, 0.2) is 58.3 Å². The summed E-state index contributed by atoms with van der Waals surface area (Å²) in [6.07, 6.45) is 1.61. The first-order valence-corrected chi connectivity index (χ1v) is 8.24. The lowest BCUT2D eigenvalue weighted by Crippen LogP contribution is -2.27. The average molecular weight is 343 g/mol. The lowest BCUT2D eigenvalue weighted by atomic mass is 10.1. The number of hydrogen-bond acceptors (Lipinski definition) is 6. The van der Waals surface area contributed by atoms with E-state index in [4.69, 9.17) is 4.42 Å². The van der Waals surface area contributed by atoms with E-state index in [-0.39, 0.29) is 5.91 Å². The first-order valence-electron chi connectivity index (χ1n) is 7.36. The molecule has 0 fully saturated rings. The van der Waals surface area contributed by atoms with Crippen molar-refractivity contribution in [2.24, 2.45) is 0 Å². The first kappa shape index (κ1) is 16.3. The van der Waals surface area contributed by atoms with Gasteiger partial charge in [0.25, 0.3) is 0 Å². The quantitative estimate of drug-likeness (QED) is 0.639. The van der Waals surface area contributed by atoms with Crippen LogP contribution < -0.4 is 0 Å². The highest BCUT2D eigenvalue weighted by molar-refractivity contribution is 8.00. The maximum absolute atomic E-state index is 12.6. The van der Waals surface area contributed by atoms with Crippen LogP contribution in [0.25, 0.3) is 0 Å². The summed E-state index contributed by atoms with van der Waals surface area (Å²) in [6.45, 7) is 0.417. The molecule has 2 aromatic heterocycles. The van der Waals surface area contributed by atoms with Crippen molar-refractivity contribution in [2.75, 3.05) is 14.1 Å². The fraction of sp³-hybridized carbons (Fsp3) is 0.250. The molecule has 1 aromatic carbocycles. The molecule has 0 saturated heterocycles. The van der Waals surface area contributed by atoms with Crippen molar-refractivity contribution in [3.05, 3.63) is 60.1 Å². The molecule has 0 radical (unpaired) electrons. The molecule has 0 aliphatic heterocycles. The highest BCUT2D eigenvalue weighted by Crippen LogP contribution is 2.35. The summed E-state index contributed by atoms with van der Waals surface area (Å²) in [5.41, 5.74) is 0.911. The lowest BCUT2D eigenvalue weighted by Gasteiger charge is -2.19. The van der Waals surface area contributed by atoms with Gasteiger partial charge in [-0.05, 0) is 28.1 Å². The predicted octanol–water partition coefficient (Wildman–Crippen LogP) is 2.24. The van der Waals surface area contributed by atoms with Crippen molar-refractivity contribution < 1.29 is 9.21 Å². The Kier molecular flexibility index (Phi) is 4.95. The van der Waals surface area contributed by atoms with E-state index in [0.29, 0.717) is 11.7 Å². The third kappa shape index (κ3) is 3.65. The molecule has 7 nitrogen and oxygen atoms in total. The number of carbonyl (C=O) groups is 1. The molecule has 0 bridgehead atoms. The minimum absolute atomic E-state index is 0.0150. The van der Waals surface area contributed by atoms with Gasteiger partial charge in [-0.2, -0.15) is 0 Å². The SMILES string of the molecule is CN(C)C(=O)[C@H](Sc1nnnn1Cc1ccco1)c1ccccc1. The van der Waals surface area contributed by atoms with Gasteiger partial charge < -0.3 is 9.32 Å². The van der Waals surface area contributed by atoms with Gasteiger partial charge >= 0.3 is 0 Å². The fourth-order valence-corrected chi connectivity index (χ4v) is 3.28. The van der Waals surface area contributed by atoms with Gasteiger partial charge in [-0.15, -0.1) is 5.10 Å². The minimum Gasteiger partial charge on any atom is -0.467 e. The van der Waals surface area contributed by atoms with Gasteiger partial charge in [-0.3, -0.25) is 4.79 Å². The molecule has 2 heterocycles. The third-order valence-electron chi connectivity index (χ3n) is 3.38. The number of tetrazole rings is 1. The number of nitrogens with zero attached hydrogens (tertiary/aromatic N) is 5. The van der Waals surface area contributed by atoms with E-state index < -0.39 is 5.25 Å². The van der Waals surface area contributed by atoms with E-state index >= 15 is 0 Å². The number of rotatable bonds is 6. The number of furan rings is 1. The van der Waals surface area contributed by atoms with Crippen LogP contribution in [0.4, 0.5) is 0 Å². The van der Waals surface area contributed by atoms with Crippen LogP contribution in [0.1, 0.15) is 16.6 Å². The molecule has 0 spiro atoms. The molecule has 8 heteroatoms. The largest absolute Gasteiger partial charge is 0.467 e. The molecule has 0 N–H and O–H groups in total. The molecule has 124 valence electrons. The van der Waals surface area contributed by atoms with E-state index in [2.05, 4.69) is 15.5 Å². The number of thioether (sulfide) groups is 1. The summed E-state index contributed by atoms with van der Waals surface area (Å²) in [7, 11) is 3.48. The van der Waals surface area contributed by atoms with E-state index in [1.54, 1.807) is 29.9 Å². The molecule has 1 amide bonds. The Labute approximate surface area is 143 Å². The van der Waals surface area contributed by atoms with Gasteiger partial charge in [0, 0.05) is 14.1 Å². The standard InChI is InChI=1S/C16H17N5O2S/c1-20(2)15(22)14(12-7-4-3-5-8-12)24-16-17-18-19-21(16)11-13-9-6-10-23-13/h3-10,14H,11H2,1-2H3/t14-/m1/s1. The van der Waals surface area contributed by atoms with Gasteiger partial charge in [-0.25, -0.2) is 4.68 Å². The van der Waals surface area contributed by atoms with Crippen LogP contribution in [0.3, 0.4) is 0 Å². The number of hydrogen-bond donors (Lipinski definition) is 0. The topological polar surface area (TPSA) is 77.1 Å². The molecule has 0 unspecified atom stereocenters. The average Bonchev–Trinajstić information content (AvgIpc) is 3.25. The van der Waals surface area contributed by atoms with Crippen molar-refractivity contribution in [1.82, 2.24) is 25.1 Å². The van der Waals surface area contributed by atoms with Gasteiger partial charge in [0.1, 0.15) is 17.6 Å². The number of amides is 1. The van der Waals surface area contributed by atoms with Crippen molar-refractivity contribution >= 4 is 17.7 Å². The number of aromatic nitrogens is 4. The summed E-state index contributed by atoms with van der Waals surface area (Å²) < 4.78 is 6.96. The van der Waals surface area contributed by atoms with Crippen LogP contribution in [0, 0.1) is 0 Å². The third-order valence-corrected chi connectivity index (χ3v) is 4.59. The zero-order valence-corrected chi connectivity index (χ0v) is 14.2. The Hall–Kier alpha value is -2.61. The monoisotopic (exact) mass is 343 g/mol. The second kappa shape index (κ2) is 7.31. The van der Waals surface area contributed by atoms with E-state index in [9.17, 15) is 4.79 Å². The Bertz CT molecular complexity index is 786. The van der Waals surface area contributed by atoms with E-state index in [1.807, 2.05) is 42.5 Å². The molecular formula is C16H17N5O2S. The van der Waals surface area contributed by atoms with E-state index in [1.165, 1.54) is 11.8 Å². The Morgan fingerprint density at radius 1 is 1.25 bits per heavy atom. The van der Waals surface area contributed by atoms with Crippen LogP contribution in [-0.4, -0.2) is 45.1 Å². The second-order valence-corrected chi connectivity index (χ2v) is 6.41. The summed E-state index contributed by atoms with van der Waals surface area (Å²) in [4.78, 5) is 14.2. The molecule has 1 atom stereocenters. The van der Waals surface area contributed by atoms with Crippen molar-refractivity contribution in [3.63, 3.8) is 0 Å². The van der Waals surface area contributed by atoms with Gasteiger partial charge in [0.15, 0.2) is 0 Å². The maximum Gasteiger partial charge on any atom is 0.240 e. The molecule has 3 rings (SSSR count). The Morgan fingerprint density at radius 3 is 2.71 bits per heavy atom. The highest BCUT2D eigenvalue weighted by Gasteiger charge is 2.26. The minimum atomic E-state index is -0.414. The summed E-state index contributed by atoms with van der Waals surface area (Å²) in [6, 6.07) is 13.3. The van der Waals surface area contributed by atoms with E-state index in [0.717, 1.165) is 11.3 Å². The predicted molar refractivity (Wildman–Crippen MR) is 89.4 cm³/mol. The molecule has 0 saturated carbocycles. The Morgan fingerprint density at radius 2 is 2.04 bits per heavy atom. The number of carbonyl (C=O) groups excluding carboxylic acids is 1. The zero-order valence-electron chi connectivity index (χ0n) is 13.4. The smallest absolute Gasteiger partial charge is 0.240 e. The maximum atomic E-state index is 12.6. The lowest BCUT2D eigenvalue weighted by molar-refractivity contribution is -0.128. The molecule has 0 aliphatic carbocycles. The number of benzene rings is 1. The molecular weight excluding hydrogens is 326 g/mol. The molecule has 24 heavy (non-hydrogen) atoms. The summed E-state index contributed by atoms with van der Waals surface area (Å²) in [5, 5.41) is 11.9. The molecule has 3 aromatic rings. The Balaban J connectivity index is 1.86. The van der Waals surface area contributed by atoms with Gasteiger partial charge in [-0.1, -0.05) is 42.1 Å². The van der Waals surface area contributed by atoms with Crippen LogP contribution in [0.2, 0.25) is 0 Å². The number of likely N-dealkylation sites (N-methyl/N-ethyl adjacent to an activating group) is 1. The zero-order chi connectivity index (χ0) is 16.9. The molecule has 0 aliphatic rings. The van der Waals surface area contributed by atoms with Crippen molar-refractivity contribution in [1.29, 1.82) is 0 Å². The van der Waals surface area contributed by atoms with Crippen LogP contribution in [0.5, 0.6) is 0 Å². The van der Waals surface area contributed by atoms with Gasteiger partial charge in [0.05, 0.1) is 6.26 Å².